The van der Waals surface area contributed by atoms with Crippen molar-refractivity contribution in [3.8, 4) is 0 Å². The van der Waals surface area contributed by atoms with Gasteiger partial charge in [0.1, 0.15) is 0 Å². The van der Waals surface area contributed by atoms with Crippen LogP contribution in [0.25, 0.3) is 0 Å². The molecule has 10 nitrogen and oxygen atoms in total. The van der Waals surface area contributed by atoms with E-state index in [0.717, 1.165) is 52.4 Å². The standard InChI is InChI=1S/C19H46N10S2/c1-7-26-16(30)28-18(9-20-3,10-21-4)13-24-15-25-14-19(11-22-5,12-23-6)29-17(31)27-8-2/h20-25H,7-15H2,1-6H3,(H2,26,28,30)(H2,27,29,31). The molecule has 0 spiro atoms. The van der Waals surface area contributed by atoms with Crippen LogP contribution in [0.5, 0.6) is 0 Å². The minimum absolute atomic E-state index is 0.262. The van der Waals surface area contributed by atoms with Crippen molar-refractivity contribution in [2.24, 2.45) is 0 Å². The second-order valence-electron chi connectivity index (χ2n) is 7.68. The van der Waals surface area contributed by atoms with Crippen LogP contribution < -0.4 is 53.2 Å². The Balaban J connectivity index is 4.94. The minimum Gasteiger partial charge on any atom is -0.363 e. The maximum absolute atomic E-state index is 5.44. The van der Waals surface area contributed by atoms with Crippen molar-refractivity contribution in [3.63, 3.8) is 0 Å². The lowest BCUT2D eigenvalue weighted by molar-refractivity contribution is 0.307. The SMILES string of the molecule is CCNC(=S)NC(CNC)(CNC)CNCNCC(CNC)(CNC)NC(=S)NCC. The Labute approximate surface area is 200 Å². The molecule has 0 rings (SSSR count). The average molecular weight is 479 g/mol. The Morgan fingerprint density at radius 3 is 1.16 bits per heavy atom. The summed E-state index contributed by atoms with van der Waals surface area (Å²) in [6.07, 6.45) is 0. The summed E-state index contributed by atoms with van der Waals surface area (Å²) in [5.74, 6) is 0. The number of hydrogen-bond donors (Lipinski definition) is 10. The molecule has 0 fully saturated rings. The highest BCUT2D eigenvalue weighted by molar-refractivity contribution is 7.80. The highest BCUT2D eigenvalue weighted by Crippen LogP contribution is 2.03. The van der Waals surface area contributed by atoms with E-state index >= 15 is 0 Å². The van der Waals surface area contributed by atoms with Gasteiger partial charge in [-0.2, -0.15) is 0 Å². The van der Waals surface area contributed by atoms with Crippen LogP contribution in [0.4, 0.5) is 0 Å². The maximum atomic E-state index is 5.44. The predicted molar refractivity (Wildman–Crippen MR) is 141 cm³/mol. The van der Waals surface area contributed by atoms with E-state index in [1.807, 2.05) is 42.0 Å². The van der Waals surface area contributed by atoms with Crippen molar-refractivity contribution in [3.05, 3.63) is 0 Å². The number of thiocarbonyl (C=S) groups is 2. The maximum Gasteiger partial charge on any atom is 0.166 e. The van der Waals surface area contributed by atoms with Crippen LogP contribution in [0.15, 0.2) is 0 Å². The molecule has 0 heterocycles. The van der Waals surface area contributed by atoms with Crippen molar-refractivity contribution in [2.75, 3.05) is 87.2 Å². The van der Waals surface area contributed by atoms with Crippen molar-refractivity contribution < 1.29 is 0 Å². The zero-order valence-electron chi connectivity index (χ0n) is 20.2. The molecule has 0 aliphatic carbocycles. The highest BCUT2D eigenvalue weighted by atomic mass is 32.1. The first-order valence-corrected chi connectivity index (χ1v) is 11.8. The van der Waals surface area contributed by atoms with Crippen LogP contribution in [0.1, 0.15) is 13.8 Å². The number of likely N-dealkylation sites (N-methyl/N-ethyl adjacent to an activating group) is 4. The molecular weight excluding hydrogens is 432 g/mol. The molecule has 0 saturated carbocycles. The summed E-state index contributed by atoms with van der Waals surface area (Å²) in [6, 6.07) is 0. The van der Waals surface area contributed by atoms with Crippen LogP contribution in [0.3, 0.4) is 0 Å². The van der Waals surface area contributed by atoms with Gasteiger partial charge in [-0.15, -0.1) is 0 Å². The Kier molecular flexibility index (Phi) is 17.2. The van der Waals surface area contributed by atoms with E-state index in [1.165, 1.54) is 0 Å². The number of nitrogens with one attached hydrogen (secondary N) is 10. The number of hydrogen-bond acceptors (Lipinski definition) is 8. The molecule has 0 radical (unpaired) electrons. The van der Waals surface area contributed by atoms with Gasteiger partial charge in [-0.25, -0.2) is 0 Å². The first kappa shape index (κ1) is 30.1. The van der Waals surface area contributed by atoms with Gasteiger partial charge in [0, 0.05) is 59.0 Å². The topological polar surface area (TPSA) is 120 Å². The van der Waals surface area contributed by atoms with E-state index in [-0.39, 0.29) is 11.1 Å². The van der Waals surface area contributed by atoms with Crippen LogP contribution in [0, 0.1) is 0 Å². The van der Waals surface area contributed by atoms with Crippen molar-refractivity contribution in [2.45, 2.75) is 24.9 Å². The van der Waals surface area contributed by atoms with E-state index in [9.17, 15) is 0 Å². The van der Waals surface area contributed by atoms with E-state index in [2.05, 4.69) is 53.2 Å². The normalized spacial score (nSPS) is 11.8. The minimum atomic E-state index is -0.262. The molecule has 0 aliphatic heterocycles. The average Bonchev–Trinajstić information content (AvgIpc) is 2.69. The molecule has 0 aromatic heterocycles. The highest BCUT2D eigenvalue weighted by Gasteiger charge is 2.31. The zero-order valence-corrected chi connectivity index (χ0v) is 21.8. The third kappa shape index (κ3) is 12.7. The first-order valence-electron chi connectivity index (χ1n) is 11.0. The Hall–Kier alpha value is -0.860. The third-order valence-electron chi connectivity index (χ3n) is 4.67. The quantitative estimate of drug-likeness (QED) is 0.0580. The van der Waals surface area contributed by atoms with E-state index < -0.39 is 0 Å². The molecule has 0 unspecified atom stereocenters. The summed E-state index contributed by atoms with van der Waals surface area (Å²) in [5, 5.41) is 34.7. The van der Waals surface area contributed by atoms with Gasteiger partial charge in [0.2, 0.25) is 0 Å². The van der Waals surface area contributed by atoms with Gasteiger partial charge in [-0.1, -0.05) is 0 Å². The Morgan fingerprint density at radius 2 is 0.903 bits per heavy atom. The van der Waals surface area contributed by atoms with Gasteiger partial charge in [0.05, 0.1) is 11.1 Å². The van der Waals surface area contributed by atoms with E-state index in [1.54, 1.807) is 0 Å². The zero-order chi connectivity index (χ0) is 23.6. The summed E-state index contributed by atoms with van der Waals surface area (Å²) in [6.45, 7) is 10.8. The summed E-state index contributed by atoms with van der Waals surface area (Å²) < 4.78 is 0. The van der Waals surface area contributed by atoms with Crippen LogP contribution in [0.2, 0.25) is 0 Å². The fraction of sp³-hybridized carbons (Fsp3) is 0.895. The molecule has 0 aliphatic rings. The van der Waals surface area contributed by atoms with Gasteiger partial charge in [0.15, 0.2) is 10.2 Å². The second kappa shape index (κ2) is 17.7. The molecule has 184 valence electrons. The second-order valence-corrected chi connectivity index (χ2v) is 8.50. The summed E-state index contributed by atoms with van der Waals surface area (Å²) in [5.41, 5.74) is -0.523. The molecule has 0 atom stereocenters. The lowest BCUT2D eigenvalue weighted by Gasteiger charge is -2.37. The van der Waals surface area contributed by atoms with Crippen LogP contribution in [-0.2, 0) is 0 Å². The Bertz CT molecular complexity index is 438. The molecule has 0 aromatic rings. The molecular formula is C19H46N10S2. The van der Waals surface area contributed by atoms with Crippen molar-refractivity contribution in [1.29, 1.82) is 0 Å². The van der Waals surface area contributed by atoms with Gasteiger partial charge < -0.3 is 53.2 Å². The third-order valence-corrected chi connectivity index (χ3v) is 5.16. The van der Waals surface area contributed by atoms with Gasteiger partial charge in [-0.3, -0.25) is 0 Å². The lowest BCUT2D eigenvalue weighted by Crippen LogP contribution is -2.67. The summed E-state index contributed by atoms with van der Waals surface area (Å²) >= 11 is 10.9. The molecule has 10 N–H and O–H groups in total. The van der Waals surface area contributed by atoms with E-state index in [4.69, 9.17) is 24.4 Å². The van der Waals surface area contributed by atoms with Crippen molar-refractivity contribution in [1.82, 2.24) is 53.2 Å². The van der Waals surface area contributed by atoms with Crippen molar-refractivity contribution >= 4 is 34.7 Å². The largest absolute Gasteiger partial charge is 0.363 e. The Morgan fingerprint density at radius 1 is 0.581 bits per heavy atom. The molecule has 0 amide bonds. The van der Waals surface area contributed by atoms with E-state index in [0.29, 0.717) is 16.9 Å². The monoisotopic (exact) mass is 478 g/mol. The van der Waals surface area contributed by atoms with Gasteiger partial charge in [0.25, 0.3) is 0 Å². The molecule has 31 heavy (non-hydrogen) atoms. The summed E-state index contributed by atoms with van der Waals surface area (Å²) in [4.78, 5) is 0. The first-order chi connectivity index (χ1) is 14.9. The fourth-order valence-corrected chi connectivity index (χ4v) is 4.30. The smallest absolute Gasteiger partial charge is 0.166 e. The van der Waals surface area contributed by atoms with Gasteiger partial charge >= 0.3 is 0 Å². The molecule has 12 heteroatoms. The summed E-state index contributed by atoms with van der Waals surface area (Å²) in [7, 11) is 7.79. The van der Waals surface area contributed by atoms with Crippen LogP contribution >= 0.6 is 24.4 Å². The predicted octanol–water partition coefficient (Wildman–Crippen LogP) is -2.55. The molecule has 0 aromatic carbocycles. The van der Waals surface area contributed by atoms with Crippen LogP contribution in [-0.4, -0.2) is 109 Å². The number of rotatable bonds is 18. The fourth-order valence-electron chi connectivity index (χ4n) is 3.58. The molecule has 0 saturated heterocycles. The molecule has 0 bridgehead atoms. The lowest BCUT2D eigenvalue weighted by atomic mass is 9.99. The van der Waals surface area contributed by atoms with Gasteiger partial charge in [-0.05, 0) is 66.5 Å².